The standard InChI is InChI=1S/C22H17Cl2NO3S/c1-15-5-8-20(9-6-15)29(26,27)25-19(12-16-3-2-4-17(23)11-16)14-28-22-13-18(24)7-10-21(22)25/h2-13H,14H2,1H3/b19-12-. The lowest BCUT2D eigenvalue weighted by molar-refractivity contribution is 0.342. The molecule has 0 bridgehead atoms. The van der Waals surface area contributed by atoms with E-state index >= 15 is 0 Å². The third kappa shape index (κ3) is 3.99. The molecule has 0 N–H and O–H groups in total. The average molecular weight is 446 g/mol. The van der Waals surface area contributed by atoms with Crippen molar-refractivity contribution < 1.29 is 13.2 Å². The number of halogens is 2. The fourth-order valence-corrected chi connectivity index (χ4v) is 5.00. The number of nitrogens with zero attached hydrogens (tertiary/aromatic N) is 1. The first kappa shape index (κ1) is 19.8. The van der Waals surface area contributed by atoms with Crippen LogP contribution in [0.4, 0.5) is 5.69 Å². The number of rotatable bonds is 3. The number of benzene rings is 3. The first-order valence-electron chi connectivity index (χ1n) is 8.85. The van der Waals surface area contributed by atoms with Gasteiger partial charge in [0.25, 0.3) is 10.0 Å². The van der Waals surface area contributed by atoms with Crippen molar-refractivity contribution in [3.63, 3.8) is 0 Å². The highest BCUT2D eigenvalue weighted by Crippen LogP contribution is 2.41. The number of aryl methyl sites for hydroxylation is 1. The minimum atomic E-state index is -3.88. The van der Waals surface area contributed by atoms with E-state index in [1.54, 1.807) is 60.7 Å². The quantitative estimate of drug-likeness (QED) is 0.501. The predicted octanol–water partition coefficient (Wildman–Crippen LogP) is 5.93. The van der Waals surface area contributed by atoms with Crippen LogP contribution in [-0.4, -0.2) is 15.0 Å². The van der Waals surface area contributed by atoms with E-state index in [-0.39, 0.29) is 11.5 Å². The summed E-state index contributed by atoms with van der Waals surface area (Å²) in [6.45, 7) is 1.98. The second-order valence-electron chi connectivity index (χ2n) is 6.67. The van der Waals surface area contributed by atoms with E-state index in [4.69, 9.17) is 27.9 Å². The lowest BCUT2D eigenvalue weighted by Crippen LogP contribution is -2.36. The molecule has 3 aromatic rings. The molecule has 1 aliphatic rings. The summed E-state index contributed by atoms with van der Waals surface area (Å²) in [6.07, 6.45) is 1.76. The van der Waals surface area contributed by atoms with Gasteiger partial charge >= 0.3 is 0 Å². The smallest absolute Gasteiger partial charge is 0.268 e. The van der Waals surface area contributed by atoms with Crippen LogP contribution < -0.4 is 9.04 Å². The van der Waals surface area contributed by atoms with Gasteiger partial charge < -0.3 is 4.74 Å². The van der Waals surface area contributed by atoms with Crippen molar-refractivity contribution >= 4 is 45.0 Å². The Morgan fingerprint density at radius 3 is 2.41 bits per heavy atom. The Balaban J connectivity index is 1.90. The van der Waals surface area contributed by atoms with Gasteiger partial charge in [0.1, 0.15) is 12.4 Å². The molecule has 0 aliphatic carbocycles. The molecule has 0 saturated heterocycles. The molecule has 0 spiro atoms. The SMILES string of the molecule is Cc1ccc(S(=O)(=O)N2/C(=C\c3cccc(Cl)c3)COc3cc(Cl)ccc32)cc1. The number of hydrogen-bond acceptors (Lipinski definition) is 3. The Kier molecular flexibility index (Phi) is 5.30. The molecule has 4 nitrogen and oxygen atoms in total. The van der Waals surface area contributed by atoms with Gasteiger partial charge in [-0.15, -0.1) is 0 Å². The maximum Gasteiger partial charge on any atom is 0.268 e. The fraction of sp³-hybridized carbons (Fsp3) is 0.0909. The number of sulfonamides is 1. The van der Waals surface area contributed by atoms with Crippen molar-refractivity contribution in [3.8, 4) is 5.75 Å². The van der Waals surface area contributed by atoms with Crippen LogP contribution >= 0.6 is 23.2 Å². The zero-order valence-electron chi connectivity index (χ0n) is 15.5. The van der Waals surface area contributed by atoms with Gasteiger partial charge in [0.15, 0.2) is 0 Å². The molecule has 29 heavy (non-hydrogen) atoms. The molecular formula is C22H17Cl2NO3S. The fourth-order valence-electron chi connectivity index (χ4n) is 3.12. The molecule has 0 atom stereocenters. The Morgan fingerprint density at radius 2 is 1.69 bits per heavy atom. The predicted molar refractivity (Wildman–Crippen MR) is 117 cm³/mol. The summed E-state index contributed by atoms with van der Waals surface area (Å²) in [5.74, 6) is 0.413. The van der Waals surface area contributed by atoms with Crippen LogP contribution in [0.3, 0.4) is 0 Å². The van der Waals surface area contributed by atoms with Gasteiger partial charge in [-0.1, -0.05) is 53.0 Å². The first-order valence-corrected chi connectivity index (χ1v) is 11.0. The zero-order chi connectivity index (χ0) is 20.6. The van der Waals surface area contributed by atoms with Crippen LogP contribution in [0.1, 0.15) is 11.1 Å². The Bertz CT molecular complexity index is 1200. The minimum Gasteiger partial charge on any atom is -0.485 e. The van der Waals surface area contributed by atoms with Crippen molar-refractivity contribution in [1.82, 2.24) is 0 Å². The molecule has 0 fully saturated rings. The van der Waals surface area contributed by atoms with E-state index in [2.05, 4.69) is 0 Å². The number of ether oxygens (including phenoxy) is 1. The van der Waals surface area contributed by atoms with Crippen LogP contribution in [-0.2, 0) is 10.0 Å². The zero-order valence-corrected chi connectivity index (χ0v) is 17.8. The molecule has 0 saturated carbocycles. The third-order valence-corrected chi connectivity index (χ3v) is 6.77. The van der Waals surface area contributed by atoms with Crippen molar-refractivity contribution in [2.45, 2.75) is 11.8 Å². The number of anilines is 1. The molecule has 1 aliphatic heterocycles. The van der Waals surface area contributed by atoms with Gasteiger partial charge in [-0.05, 0) is 55.0 Å². The summed E-state index contributed by atoms with van der Waals surface area (Å²) in [4.78, 5) is 0.197. The van der Waals surface area contributed by atoms with Gasteiger partial charge in [0, 0.05) is 16.1 Å². The van der Waals surface area contributed by atoms with Crippen molar-refractivity contribution in [3.05, 3.63) is 93.6 Å². The van der Waals surface area contributed by atoms with Crippen LogP contribution in [0.5, 0.6) is 5.75 Å². The lowest BCUT2D eigenvalue weighted by Gasteiger charge is -2.33. The maximum atomic E-state index is 13.6. The van der Waals surface area contributed by atoms with Gasteiger partial charge in [-0.3, -0.25) is 0 Å². The van der Waals surface area contributed by atoms with E-state index < -0.39 is 10.0 Å². The molecule has 0 radical (unpaired) electrons. The Hall–Kier alpha value is -2.47. The topological polar surface area (TPSA) is 46.6 Å². The Morgan fingerprint density at radius 1 is 0.966 bits per heavy atom. The maximum absolute atomic E-state index is 13.6. The second-order valence-corrected chi connectivity index (χ2v) is 9.33. The summed E-state index contributed by atoms with van der Waals surface area (Å²) in [5.41, 5.74) is 2.64. The molecule has 7 heteroatoms. The molecule has 1 heterocycles. The molecule has 148 valence electrons. The summed E-state index contributed by atoms with van der Waals surface area (Å²) < 4.78 is 34.3. The van der Waals surface area contributed by atoms with Crippen LogP contribution in [0.2, 0.25) is 10.0 Å². The summed E-state index contributed by atoms with van der Waals surface area (Å²) in [6, 6.07) is 18.9. The van der Waals surface area contributed by atoms with Crippen LogP contribution in [0.15, 0.2) is 77.3 Å². The van der Waals surface area contributed by atoms with E-state index in [0.717, 1.165) is 11.1 Å². The normalized spacial score (nSPS) is 15.1. The highest BCUT2D eigenvalue weighted by molar-refractivity contribution is 7.93. The van der Waals surface area contributed by atoms with Gasteiger partial charge in [-0.25, -0.2) is 12.7 Å². The van der Waals surface area contributed by atoms with Gasteiger partial charge in [-0.2, -0.15) is 0 Å². The summed E-state index contributed by atoms with van der Waals surface area (Å²) in [7, 11) is -3.88. The van der Waals surface area contributed by atoms with E-state index in [1.807, 2.05) is 19.1 Å². The summed E-state index contributed by atoms with van der Waals surface area (Å²) >= 11 is 12.2. The monoisotopic (exact) mass is 445 g/mol. The average Bonchev–Trinajstić information content (AvgIpc) is 2.68. The third-order valence-electron chi connectivity index (χ3n) is 4.52. The van der Waals surface area contributed by atoms with Gasteiger partial charge in [0.05, 0.1) is 16.3 Å². The van der Waals surface area contributed by atoms with Crippen molar-refractivity contribution in [1.29, 1.82) is 0 Å². The van der Waals surface area contributed by atoms with Crippen molar-refractivity contribution in [2.24, 2.45) is 0 Å². The second kappa shape index (κ2) is 7.75. The van der Waals surface area contributed by atoms with E-state index in [1.165, 1.54) is 4.31 Å². The molecule has 0 amide bonds. The van der Waals surface area contributed by atoms with E-state index in [9.17, 15) is 8.42 Å². The largest absolute Gasteiger partial charge is 0.485 e. The highest BCUT2D eigenvalue weighted by Gasteiger charge is 2.34. The van der Waals surface area contributed by atoms with Gasteiger partial charge in [0.2, 0.25) is 0 Å². The number of fused-ring (bicyclic) bond motifs is 1. The molecule has 3 aromatic carbocycles. The number of hydrogen-bond donors (Lipinski definition) is 0. The van der Waals surface area contributed by atoms with Crippen LogP contribution in [0.25, 0.3) is 6.08 Å². The minimum absolute atomic E-state index is 0.0744. The lowest BCUT2D eigenvalue weighted by atomic mass is 10.1. The molecule has 4 rings (SSSR count). The molecular weight excluding hydrogens is 429 g/mol. The highest BCUT2D eigenvalue weighted by atomic mass is 35.5. The molecule has 0 aromatic heterocycles. The summed E-state index contributed by atoms with van der Waals surface area (Å²) in [5, 5.41) is 1.04. The first-order chi connectivity index (χ1) is 13.8. The molecule has 0 unspecified atom stereocenters. The van der Waals surface area contributed by atoms with Crippen molar-refractivity contribution in [2.75, 3.05) is 10.9 Å². The van der Waals surface area contributed by atoms with Crippen LogP contribution in [0, 0.1) is 6.92 Å². The Labute approximate surface area is 180 Å². The van der Waals surface area contributed by atoms with E-state index in [0.29, 0.717) is 27.2 Å².